The van der Waals surface area contributed by atoms with E-state index in [4.69, 9.17) is 5.41 Å². The number of allylic oxidation sites excluding steroid dienone is 1. The molecule has 9 heteroatoms. The van der Waals surface area contributed by atoms with E-state index in [1.165, 1.54) is 28.4 Å². The molecule has 1 unspecified atom stereocenters. The first-order valence-electron chi connectivity index (χ1n) is 7.58. The van der Waals surface area contributed by atoms with E-state index in [2.05, 4.69) is 10.3 Å². The third-order valence-electron chi connectivity index (χ3n) is 3.72. The number of nitro groups is 1. The molecule has 0 saturated heterocycles. The Morgan fingerprint density at radius 3 is 2.85 bits per heavy atom. The summed E-state index contributed by atoms with van der Waals surface area (Å²) in [6.07, 6.45) is 6.04. The van der Waals surface area contributed by atoms with Gasteiger partial charge in [-0.25, -0.2) is 0 Å². The molecule has 2 aromatic heterocycles. The largest absolute Gasteiger partial charge is 0.587 e. The molecule has 26 heavy (non-hydrogen) atoms. The van der Waals surface area contributed by atoms with Crippen molar-refractivity contribution in [1.82, 2.24) is 14.3 Å². The average molecular weight is 369 g/mol. The number of hydrogen-bond acceptors (Lipinski definition) is 6. The zero-order chi connectivity index (χ0) is 18.7. The van der Waals surface area contributed by atoms with Crippen LogP contribution >= 0.6 is 0 Å². The Morgan fingerprint density at radius 1 is 1.38 bits per heavy atom. The normalized spacial score (nSPS) is 12.8. The number of fused-ring (bicyclic) bond motifs is 1. The number of pyridine rings is 1. The molecule has 0 aliphatic carbocycles. The van der Waals surface area contributed by atoms with Gasteiger partial charge in [0.1, 0.15) is 16.9 Å². The summed E-state index contributed by atoms with van der Waals surface area (Å²) in [6, 6.07) is 9.39. The minimum atomic E-state index is -1.81. The Balaban J connectivity index is 2.13. The molecule has 0 fully saturated rings. The van der Waals surface area contributed by atoms with Gasteiger partial charge in [0, 0.05) is 48.9 Å². The van der Waals surface area contributed by atoms with Gasteiger partial charge in [0.25, 0.3) is 4.90 Å². The molecule has 0 bridgehead atoms. The smallest absolute Gasteiger partial charge is 0.326 e. The lowest BCUT2D eigenvalue weighted by atomic mass is 10.1. The topological polar surface area (TPSA) is 120 Å². The lowest BCUT2D eigenvalue weighted by Gasteiger charge is -2.11. The molecule has 2 N–H and O–H groups in total. The van der Waals surface area contributed by atoms with Crippen LogP contribution in [0.4, 0.5) is 5.69 Å². The minimum absolute atomic E-state index is 0.110. The molecule has 1 aromatic carbocycles. The van der Waals surface area contributed by atoms with Gasteiger partial charge in [0.15, 0.2) is 0 Å². The molecule has 8 nitrogen and oxygen atoms in total. The highest BCUT2D eigenvalue weighted by molar-refractivity contribution is 7.90. The van der Waals surface area contributed by atoms with E-state index >= 15 is 0 Å². The fourth-order valence-electron chi connectivity index (χ4n) is 2.52. The predicted molar refractivity (Wildman–Crippen MR) is 100 cm³/mol. The quantitative estimate of drug-likeness (QED) is 0.300. The maximum atomic E-state index is 13.0. The van der Waals surface area contributed by atoms with Gasteiger partial charge in [0.2, 0.25) is 0 Å². The molecule has 0 aliphatic rings. The number of nitro benzene ring substituents is 1. The summed E-state index contributed by atoms with van der Waals surface area (Å²) in [5.74, 6) is 0. The standard InChI is InChI=1S/C17H15N5O3S/c1-19-10-13(9-18)12-8-16-14(20-11-12)6-7-21(16)26(25)17-5-3-2-4-15(17)22(23)24/h2-11,18-19H,1H3/b13-10+,18-9?. The minimum Gasteiger partial charge on any atom is -0.587 e. The van der Waals surface area contributed by atoms with Gasteiger partial charge >= 0.3 is 5.69 Å². The van der Waals surface area contributed by atoms with E-state index in [-0.39, 0.29) is 10.6 Å². The highest BCUT2D eigenvalue weighted by atomic mass is 32.2. The molecule has 0 aliphatic heterocycles. The third kappa shape index (κ3) is 3.17. The lowest BCUT2D eigenvalue weighted by Crippen LogP contribution is -2.14. The maximum Gasteiger partial charge on any atom is 0.326 e. The Labute approximate surface area is 152 Å². The molecule has 0 radical (unpaired) electrons. The first kappa shape index (κ1) is 17.6. The summed E-state index contributed by atoms with van der Waals surface area (Å²) in [7, 11) is 1.72. The van der Waals surface area contributed by atoms with Crippen molar-refractivity contribution in [3.63, 3.8) is 0 Å². The Bertz CT molecular complexity index is 1010. The summed E-state index contributed by atoms with van der Waals surface area (Å²) in [5.41, 5.74) is 2.23. The zero-order valence-electron chi connectivity index (χ0n) is 13.7. The van der Waals surface area contributed by atoms with Crippen molar-refractivity contribution >= 4 is 39.9 Å². The van der Waals surface area contributed by atoms with Gasteiger partial charge in [-0.3, -0.25) is 15.1 Å². The van der Waals surface area contributed by atoms with E-state index in [0.29, 0.717) is 22.2 Å². The Kier molecular flexibility index (Phi) is 5.01. The van der Waals surface area contributed by atoms with Crippen LogP contribution in [0.1, 0.15) is 5.56 Å². The van der Waals surface area contributed by atoms with Gasteiger partial charge in [-0.05, 0) is 12.1 Å². The van der Waals surface area contributed by atoms with Crippen LogP contribution in [0, 0.1) is 15.5 Å². The van der Waals surface area contributed by atoms with Crippen LogP contribution in [0.15, 0.2) is 59.9 Å². The number of nitrogens with zero attached hydrogens (tertiary/aromatic N) is 3. The van der Waals surface area contributed by atoms with Crippen molar-refractivity contribution in [1.29, 1.82) is 5.41 Å². The van der Waals surface area contributed by atoms with Crippen molar-refractivity contribution in [3.05, 3.63) is 70.7 Å². The number of nitrogens with one attached hydrogen (secondary N) is 2. The molecule has 0 saturated carbocycles. The average Bonchev–Trinajstić information content (AvgIpc) is 3.08. The number of benzene rings is 1. The molecule has 0 amide bonds. The van der Waals surface area contributed by atoms with Crippen LogP contribution in [0.5, 0.6) is 0 Å². The van der Waals surface area contributed by atoms with Crippen LogP contribution in [0.25, 0.3) is 16.6 Å². The summed E-state index contributed by atoms with van der Waals surface area (Å²) >= 11 is -1.81. The molecular formula is C17H15N5O3S. The van der Waals surface area contributed by atoms with E-state index in [9.17, 15) is 14.7 Å². The summed E-state index contributed by atoms with van der Waals surface area (Å²) < 4.78 is 14.4. The first-order valence-corrected chi connectivity index (χ1v) is 8.68. The van der Waals surface area contributed by atoms with Gasteiger partial charge < -0.3 is 15.3 Å². The fourth-order valence-corrected chi connectivity index (χ4v) is 3.74. The summed E-state index contributed by atoms with van der Waals surface area (Å²) in [6.45, 7) is 0. The third-order valence-corrected chi connectivity index (χ3v) is 5.12. The Hall–Kier alpha value is -3.17. The molecule has 132 valence electrons. The second kappa shape index (κ2) is 7.38. The van der Waals surface area contributed by atoms with Crippen molar-refractivity contribution < 1.29 is 9.48 Å². The number of aromatic nitrogens is 2. The van der Waals surface area contributed by atoms with Crippen LogP contribution in [-0.2, 0) is 11.4 Å². The molecule has 1 atom stereocenters. The van der Waals surface area contributed by atoms with Crippen molar-refractivity contribution in [2.45, 2.75) is 4.90 Å². The fraction of sp³-hybridized carbons (Fsp3) is 0.0588. The van der Waals surface area contributed by atoms with Gasteiger partial charge in [-0.1, -0.05) is 12.1 Å². The van der Waals surface area contributed by atoms with E-state index in [0.717, 1.165) is 0 Å². The molecular weight excluding hydrogens is 354 g/mol. The highest BCUT2D eigenvalue weighted by Gasteiger charge is 2.27. The zero-order valence-corrected chi connectivity index (χ0v) is 14.6. The molecule has 2 heterocycles. The summed E-state index contributed by atoms with van der Waals surface area (Å²) in [4.78, 5) is 15.1. The Morgan fingerprint density at radius 2 is 2.15 bits per heavy atom. The molecule has 3 aromatic rings. The van der Waals surface area contributed by atoms with Crippen LogP contribution in [0.3, 0.4) is 0 Å². The monoisotopic (exact) mass is 369 g/mol. The first-order chi connectivity index (χ1) is 12.6. The second-order valence-electron chi connectivity index (χ2n) is 5.28. The second-order valence-corrected chi connectivity index (χ2v) is 6.61. The predicted octanol–water partition coefficient (Wildman–Crippen LogP) is 2.73. The van der Waals surface area contributed by atoms with Crippen LogP contribution in [0.2, 0.25) is 0 Å². The number of rotatable bonds is 6. The van der Waals surface area contributed by atoms with Crippen molar-refractivity contribution in [2.24, 2.45) is 0 Å². The lowest BCUT2D eigenvalue weighted by molar-refractivity contribution is -0.387. The molecule has 0 spiro atoms. The number of para-hydroxylation sites is 1. The van der Waals surface area contributed by atoms with Gasteiger partial charge in [-0.15, -0.1) is 0 Å². The molecule has 3 rings (SSSR count). The van der Waals surface area contributed by atoms with Gasteiger partial charge in [-0.2, -0.15) is 3.97 Å². The number of hydrogen-bond donors (Lipinski definition) is 2. The van der Waals surface area contributed by atoms with Crippen LogP contribution < -0.4 is 5.32 Å². The highest BCUT2D eigenvalue weighted by Crippen LogP contribution is 2.28. The summed E-state index contributed by atoms with van der Waals surface area (Å²) in [5, 5.41) is 21.6. The van der Waals surface area contributed by atoms with Crippen LogP contribution in [-0.4, -0.2) is 31.7 Å². The maximum absolute atomic E-state index is 13.0. The van der Waals surface area contributed by atoms with Gasteiger partial charge in [0.05, 0.1) is 16.6 Å². The van der Waals surface area contributed by atoms with E-state index in [1.807, 2.05) is 0 Å². The van der Waals surface area contributed by atoms with Crippen molar-refractivity contribution in [2.75, 3.05) is 7.05 Å². The van der Waals surface area contributed by atoms with E-state index in [1.54, 1.807) is 43.8 Å². The van der Waals surface area contributed by atoms with E-state index < -0.39 is 16.3 Å². The van der Waals surface area contributed by atoms with Crippen molar-refractivity contribution in [3.8, 4) is 0 Å². The SMILES string of the molecule is CN/C=C(\C=N)c1cnc2ccn([S+]([O-])c3ccccc3[N+](=O)[O-])c2c1.